The molecule has 0 bridgehead atoms. The van der Waals surface area contributed by atoms with E-state index in [1.807, 2.05) is 0 Å². The van der Waals surface area contributed by atoms with Crippen LogP contribution in [0, 0.1) is 53.3 Å². The Bertz CT molecular complexity index is 2030. The Labute approximate surface area is 595 Å². The summed E-state index contributed by atoms with van der Waals surface area (Å²) in [5, 5.41) is 11.6. The molecule has 6 N–H and O–H groups in total. The van der Waals surface area contributed by atoms with Gasteiger partial charge in [-0.25, -0.2) is 0 Å². The highest BCUT2D eigenvalue weighted by Crippen LogP contribution is 2.38. The highest BCUT2D eigenvalue weighted by atomic mass is 16.7. The zero-order chi connectivity index (χ0) is 73.5. The highest BCUT2D eigenvalue weighted by Gasteiger charge is 2.43. The van der Waals surface area contributed by atoms with Crippen LogP contribution in [0.2, 0.25) is 0 Å². The van der Waals surface area contributed by atoms with Gasteiger partial charge in [0, 0.05) is 97.1 Å². The summed E-state index contributed by atoms with van der Waals surface area (Å²) in [6, 6.07) is 0. The lowest BCUT2D eigenvalue weighted by atomic mass is 9.79. The first-order chi connectivity index (χ1) is 48.0. The predicted octanol–water partition coefficient (Wildman–Crippen LogP) is 4.82. The normalized spacial score (nSPS) is 25.9. The van der Waals surface area contributed by atoms with Gasteiger partial charge in [-0.15, -0.1) is 0 Å². The maximum absolute atomic E-state index is 13.6. The summed E-state index contributed by atoms with van der Waals surface area (Å²) in [7, 11) is 0. The van der Waals surface area contributed by atoms with Crippen molar-refractivity contribution in [2.75, 3.05) is 172 Å². The molecule has 0 spiro atoms. The third kappa shape index (κ3) is 38.4. The zero-order valence-electron chi connectivity index (χ0n) is 62.5. The fourth-order valence-corrected chi connectivity index (χ4v) is 11.6. The van der Waals surface area contributed by atoms with Gasteiger partial charge < -0.3 is 108 Å². The van der Waals surface area contributed by atoms with Crippen molar-refractivity contribution in [3.8, 4) is 0 Å². The first-order valence-corrected chi connectivity index (χ1v) is 36.6. The molecule has 3 rings (SSSR count). The van der Waals surface area contributed by atoms with E-state index in [0.29, 0.717) is 110 Å². The molecule has 15 unspecified atom stereocenters. The fourth-order valence-electron chi connectivity index (χ4n) is 11.6. The summed E-state index contributed by atoms with van der Waals surface area (Å²) < 4.78 is 99.0. The molecule has 3 aliphatic rings. The predicted molar refractivity (Wildman–Crippen MR) is 368 cm³/mol. The van der Waals surface area contributed by atoms with Crippen LogP contribution in [-0.4, -0.2) is 256 Å². The Morgan fingerprint density at radius 2 is 0.650 bits per heavy atom. The van der Waals surface area contributed by atoms with Crippen LogP contribution in [0.3, 0.4) is 0 Å². The molecule has 3 heterocycles. The minimum absolute atomic E-state index is 0.000306. The average Bonchev–Trinajstić information content (AvgIpc) is 0.840. The van der Waals surface area contributed by atoms with E-state index >= 15 is 0 Å². The lowest BCUT2D eigenvalue weighted by Crippen LogP contribution is -2.58. The van der Waals surface area contributed by atoms with E-state index in [1.54, 1.807) is 0 Å². The number of unbranched alkanes of at least 4 members (excludes halogenated alkanes) is 4. The number of esters is 3. The Kier molecular flexibility index (Phi) is 48.1. The van der Waals surface area contributed by atoms with Crippen molar-refractivity contribution in [2.45, 2.75) is 190 Å². The lowest BCUT2D eigenvalue weighted by molar-refractivity contribution is -0.258. The van der Waals surface area contributed by atoms with Crippen LogP contribution in [0.25, 0.3) is 0 Å². The summed E-state index contributed by atoms with van der Waals surface area (Å²) in [6.45, 7) is 29.0. The van der Waals surface area contributed by atoms with E-state index in [-0.39, 0.29) is 213 Å². The molecule has 0 aliphatic carbocycles. The van der Waals surface area contributed by atoms with Gasteiger partial charge >= 0.3 is 17.9 Å². The molecule has 0 radical (unpaired) electrons. The number of nitrogens with two attached hydrogens (primary N) is 1. The first kappa shape index (κ1) is 89.9. The van der Waals surface area contributed by atoms with Crippen molar-refractivity contribution in [2.24, 2.45) is 59.0 Å². The number of hydrogen-bond acceptors (Lipinski definition) is 25. The molecule has 0 saturated carbocycles. The summed E-state index contributed by atoms with van der Waals surface area (Å²) >= 11 is 0. The quantitative estimate of drug-likeness (QED) is 0.0309. The van der Waals surface area contributed by atoms with Gasteiger partial charge in [-0.1, -0.05) is 68.7 Å². The fraction of sp³-hybridized carbons (Fsp3) is 0.901. The van der Waals surface area contributed by atoms with Crippen molar-refractivity contribution in [3.05, 3.63) is 0 Å². The van der Waals surface area contributed by atoms with Gasteiger partial charge in [-0.05, 0) is 74.2 Å². The first-order valence-electron chi connectivity index (χ1n) is 36.6. The molecule has 0 aromatic carbocycles. The number of rotatable bonds is 57. The summed E-state index contributed by atoms with van der Waals surface area (Å²) in [4.78, 5) is 86.6. The van der Waals surface area contributed by atoms with E-state index in [1.165, 1.54) is 20.8 Å². The number of hydrogen-bond donors (Lipinski definition) is 5. The molecular formula is C71H129N5O24. The van der Waals surface area contributed by atoms with Crippen LogP contribution in [0.15, 0.2) is 0 Å². The van der Waals surface area contributed by atoms with Crippen molar-refractivity contribution >= 4 is 41.5 Å². The van der Waals surface area contributed by atoms with Gasteiger partial charge in [-0.3, -0.25) is 33.6 Å². The molecule has 100 heavy (non-hydrogen) atoms. The number of nitrogens with one attached hydrogen (secondary N) is 4. The third-order valence-electron chi connectivity index (χ3n) is 19.1. The molecule has 3 fully saturated rings. The molecule has 0 aromatic rings. The van der Waals surface area contributed by atoms with Gasteiger partial charge in [0.05, 0.1) is 131 Å². The van der Waals surface area contributed by atoms with Crippen LogP contribution < -0.4 is 27.0 Å². The summed E-state index contributed by atoms with van der Waals surface area (Å²) in [6.07, 6.45) is 2.82. The second-order valence-corrected chi connectivity index (χ2v) is 26.9. The number of carbonyl (C=O) groups excluding carboxylic acids is 7. The van der Waals surface area contributed by atoms with Crippen LogP contribution in [0.1, 0.15) is 147 Å². The molecule has 29 heteroatoms. The molecular weight excluding hydrogens is 1310 g/mol. The van der Waals surface area contributed by atoms with E-state index < -0.39 is 18.1 Å². The molecule has 15 atom stereocenters. The standard InChI is InChI=1S/C71H129N5O24/c1-49-52(4)61(43-95-58(10)77)98-68(55(49)7)92-28-18-14-17-27-84-32-24-73-64(80)20-29-89-46-71(76-67(83)19-15-13-16-23-72,47-90-30-21-65(81)74-25-33-85-35-37-87-39-41-93-69-56(8)50(2)53(5)62(99-69)44-96-59(11)78)48-91-31-22-66(82)75-26-34-86-36-38-88-40-42-94-70-57(9)51(3)54(6)63(100-70)45-97-60(12)79/h49-57,61-63,68-70H,13-48,72H2,1-12H3,(H,73,80)(H,74,81)(H,75,82)(H,76,83). The molecule has 0 aromatic heterocycles. The lowest BCUT2D eigenvalue weighted by Gasteiger charge is -2.43. The molecule has 3 saturated heterocycles. The van der Waals surface area contributed by atoms with Crippen LogP contribution >= 0.6 is 0 Å². The average molecular weight is 1440 g/mol. The molecule has 3 aliphatic heterocycles. The highest BCUT2D eigenvalue weighted by molar-refractivity contribution is 5.77. The minimum Gasteiger partial charge on any atom is -0.463 e. The summed E-state index contributed by atoms with van der Waals surface area (Å²) in [5.74, 6) is -0.108. The Hall–Kier alpha value is -4.31. The molecule has 4 amide bonds. The van der Waals surface area contributed by atoms with Gasteiger partial charge in [0.2, 0.25) is 23.6 Å². The number of carbonyl (C=O) groups is 7. The monoisotopic (exact) mass is 1440 g/mol. The third-order valence-corrected chi connectivity index (χ3v) is 19.1. The van der Waals surface area contributed by atoms with E-state index in [9.17, 15) is 33.6 Å². The van der Waals surface area contributed by atoms with Crippen LogP contribution in [-0.2, 0) is 114 Å². The van der Waals surface area contributed by atoms with Gasteiger partial charge in [0.25, 0.3) is 0 Å². The van der Waals surface area contributed by atoms with Crippen molar-refractivity contribution in [1.82, 2.24) is 21.3 Å². The van der Waals surface area contributed by atoms with Gasteiger partial charge in [-0.2, -0.15) is 0 Å². The maximum atomic E-state index is 13.6. The molecule has 582 valence electrons. The van der Waals surface area contributed by atoms with Crippen molar-refractivity contribution in [3.63, 3.8) is 0 Å². The maximum Gasteiger partial charge on any atom is 0.302 e. The largest absolute Gasteiger partial charge is 0.463 e. The van der Waals surface area contributed by atoms with Gasteiger partial charge in [0.15, 0.2) is 18.9 Å². The SMILES string of the molecule is CC(=O)OCC1OC(OCCCCCOCCNC(=O)CCOCC(COCCC(=O)NCCOCCOCCOC2OC(COC(C)=O)C(C)C(C)C2C)(COCCC(=O)NCCOCCOCCOC2OC(COC(C)=O)C(C)C(C)C2C)NC(=O)CCCCCN)C(C)C(C)C1C. The second kappa shape index (κ2) is 53.5. The van der Waals surface area contributed by atoms with E-state index in [2.05, 4.69) is 83.6 Å². The van der Waals surface area contributed by atoms with Crippen LogP contribution in [0.5, 0.6) is 0 Å². The second-order valence-electron chi connectivity index (χ2n) is 26.9. The van der Waals surface area contributed by atoms with Crippen molar-refractivity contribution < 1.29 is 114 Å². The Balaban J connectivity index is 1.44. The van der Waals surface area contributed by atoms with E-state index in [0.717, 1.165) is 32.1 Å². The van der Waals surface area contributed by atoms with Crippen LogP contribution in [0.4, 0.5) is 0 Å². The number of amides is 4. The smallest absolute Gasteiger partial charge is 0.302 e. The minimum atomic E-state index is -1.28. The molecule has 29 nitrogen and oxygen atoms in total. The topological polar surface area (TPSA) is 351 Å². The number of ether oxygens (including phenoxy) is 17. The zero-order valence-corrected chi connectivity index (χ0v) is 62.5. The van der Waals surface area contributed by atoms with Crippen molar-refractivity contribution in [1.29, 1.82) is 0 Å². The van der Waals surface area contributed by atoms with Gasteiger partial charge in [0.1, 0.15) is 25.4 Å². The Morgan fingerprint density at radius 3 is 1.01 bits per heavy atom. The Morgan fingerprint density at radius 1 is 0.330 bits per heavy atom. The van der Waals surface area contributed by atoms with E-state index in [4.69, 9.17) is 86.3 Å². The summed E-state index contributed by atoms with van der Waals surface area (Å²) in [5.41, 5.74) is 4.44.